The molecule has 1 aliphatic carbocycles. The predicted molar refractivity (Wildman–Crippen MR) is 92.9 cm³/mol. The Morgan fingerprint density at radius 2 is 1.95 bits per heavy atom. The normalized spacial score (nSPS) is 18.2. The Balaban J connectivity index is 2.05. The summed E-state index contributed by atoms with van der Waals surface area (Å²) in [5, 5.41) is 3.51. The minimum Gasteiger partial charge on any atom is -0.494 e. The van der Waals surface area contributed by atoms with Crippen LogP contribution < -0.4 is 10.1 Å². The van der Waals surface area contributed by atoms with Gasteiger partial charge in [0, 0.05) is 10.5 Å². The van der Waals surface area contributed by atoms with Crippen molar-refractivity contribution in [3.05, 3.63) is 28.2 Å². The summed E-state index contributed by atoms with van der Waals surface area (Å²) in [6.45, 7) is 2.73. The van der Waals surface area contributed by atoms with Gasteiger partial charge in [0.05, 0.1) is 6.61 Å². The summed E-state index contributed by atoms with van der Waals surface area (Å²) < 4.78 is 6.73. The van der Waals surface area contributed by atoms with Crippen LogP contribution in [0.25, 0.3) is 0 Å². The first-order valence-corrected chi connectivity index (χ1v) is 9.13. The molecule has 0 aromatic heterocycles. The second kappa shape index (κ2) is 8.79. The molecule has 1 fully saturated rings. The lowest BCUT2D eigenvalue weighted by atomic mass is 9.89. The van der Waals surface area contributed by atoms with Crippen LogP contribution in [-0.4, -0.2) is 13.7 Å². The van der Waals surface area contributed by atoms with Crippen molar-refractivity contribution in [2.75, 3.05) is 13.7 Å². The third-order valence-electron chi connectivity index (χ3n) is 4.55. The van der Waals surface area contributed by atoms with E-state index < -0.39 is 0 Å². The minimum atomic E-state index is 0.429. The molecule has 0 aliphatic heterocycles. The van der Waals surface area contributed by atoms with Crippen LogP contribution >= 0.6 is 15.9 Å². The molecule has 1 atom stereocenters. The van der Waals surface area contributed by atoms with Gasteiger partial charge in [-0.25, -0.2) is 0 Å². The van der Waals surface area contributed by atoms with E-state index in [1.807, 2.05) is 6.92 Å². The van der Waals surface area contributed by atoms with Crippen molar-refractivity contribution in [1.82, 2.24) is 5.32 Å². The highest BCUT2D eigenvalue weighted by atomic mass is 79.9. The molecule has 21 heavy (non-hydrogen) atoms. The maximum atomic E-state index is 5.57. The van der Waals surface area contributed by atoms with E-state index in [1.165, 1.54) is 50.5 Å². The molecule has 0 spiro atoms. The van der Waals surface area contributed by atoms with E-state index in [0.717, 1.165) is 16.1 Å². The van der Waals surface area contributed by atoms with Crippen molar-refractivity contribution in [1.29, 1.82) is 0 Å². The van der Waals surface area contributed by atoms with Gasteiger partial charge in [0.25, 0.3) is 0 Å². The molecule has 0 amide bonds. The molecule has 118 valence electrons. The number of nitrogens with one attached hydrogen (secondary N) is 1. The zero-order valence-electron chi connectivity index (χ0n) is 13.3. The lowest BCUT2D eigenvalue weighted by Gasteiger charge is -2.24. The summed E-state index contributed by atoms with van der Waals surface area (Å²) in [4.78, 5) is 0. The first-order valence-electron chi connectivity index (χ1n) is 8.34. The van der Waals surface area contributed by atoms with Crippen LogP contribution in [0.5, 0.6) is 5.75 Å². The van der Waals surface area contributed by atoms with E-state index in [1.54, 1.807) is 0 Å². The second-order valence-corrected chi connectivity index (χ2v) is 6.91. The molecular weight excluding hydrogens is 326 g/mol. The molecule has 1 unspecified atom stereocenters. The summed E-state index contributed by atoms with van der Waals surface area (Å²) in [6, 6.07) is 6.81. The molecule has 1 aromatic carbocycles. The third kappa shape index (κ3) is 5.00. The van der Waals surface area contributed by atoms with Crippen LogP contribution in [0.15, 0.2) is 22.7 Å². The third-order valence-corrected chi connectivity index (χ3v) is 5.24. The molecule has 1 saturated carbocycles. The van der Waals surface area contributed by atoms with Crippen LogP contribution in [-0.2, 0) is 0 Å². The van der Waals surface area contributed by atoms with E-state index in [-0.39, 0.29) is 0 Å². The molecule has 1 aromatic rings. The fraction of sp³-hybridized carbons (Fsp3) is 0.667. The molecule has 3 heteroatoms. The summed E-state index contributed by atoms with van der Waals surface area (Å²) >= 11 is 3.72. The maximum absolute atomic E-state index is 5.57. The van der Waals surface area contributed by atoms with Crippen molar-refractivity contribution in [3.63, 3.8) is 0 Å². The number of rotatable bonds is 6. The molecule has 1 aliphatic rings. The molecule has 2 rings (SSSR count). The minimum absolute atomic E-state index is 0.429. The quantitative estimate of drug-likeness (QED) is 0.684. The summed E-state index contributed by atoms with van der Waals surface area (Å²) in [5.74, 6) is 1.81. The van der Waals surface area contributed by atoms with Gasteiger partial charge in [-0.2, -0.15) is 0 Å². The van der Waals surface area contributed by atoms with Gasteiger partial charge in [-0.1, -0.05) is 60.5 Å². The van der Waals surface area contributed by atoms with Gasteiger partial charge in [0.1, 0.15) is 5.75 Å². The van der Waals surface area contributed by atoms with Crippen molar-refractivity contribution >= 4 is 15.9 Å². The lowest BCUT2D eigenvalue weighted by molar-refractivity contribution is 0.339. The Morgan fingerprint density at radius 1 is 1.24 bits per heavy atom. The first kappa shape index (κ1) is 16.8. The van der Waals surface area contributed by atoms with Gasteiger partial charge in [-0.05, 0) is 44.0 Å². The van der Waals surface area contributed by atoms with E-state index >= 15 is 0 Å². The molecule has 0 radical (unpaired) electrons. The highest BCUT2D eigenvalue weighted by Crippen LogP contribution is 2.34. The average molecular weight is 354 g/mol. The average Bonchev–Trinajstić information content (AvgIpc) is 2.74. The number of halogens is 1. The van der Waals surface area contributed by atoms with Gasteiger partial charge in [0.15, 0.2) is 0 Å². The Kier molecular flexibility index (Phi) is 7.05. The number of hydrogen-bond donors (Lipinski definition) is 1. The van der Waals surface area contributed by atoms with Crippen LogP contribution in [0.1, 0.15) is 63.5 Å². The fourth-order valence-electron chi connectivity index (χ4n) is 3.38. The predicted octanol–water partition coefficient (Wildman–Crippen LogP) is 5.47. The van der Waals surface area contributed by atoms with Gasteiger partial charge in [-0.15, -0.1) is 0 Å². The Hall–Kier alpha value is -0.540. The molecule has 2 nitrogen and oxygen atoms in total. The van der Waals surface area contributed by atoms with Gasteiger partial charge in [-0.3, -0.25) is 0 Å². The standard InChI is InChI=1S/C18H28BrNO/c1-3-21-15-10-11-16(17(19)13-15)18(20-2)12-14-8-6-4-5-7-9-14/h10-11,13-14,18,20H,3-9,12H2,1-2H3. The van der Waals surface area contributed by atoms with E-state index in [4.69, 9.17) is 4.74 Å². The molecule has 0 saturated heterocycles. The van der Waals surface area contributed by atoms with Crippen LogP contribution in [0, 0.1) is 5.92 Å². The maximum Gasteiger partial charge on any atom is 0.120 e. The Morgan fingerprint density at radius 3 is 2.52 bits per heavy atom. The van der Waals surface area contributed by atoms with Crippen molar-refractivity contribution < 1.29 is 4.74 Å². The fourth-order valence-corrected chi connectivity index (χ4v) is 4.01. The highest BCUT2D eigenvalue weighted by Gasteiger charge is 2.20. The van der Waals surface area contributed by atoms with Gasteiger partial charge in [0.2, 0.25) is 0 Å². The monoisotopic (exact) mass is 353 g/mol. The first-order chi connectivity index (χ1) is 10.2. The van der Waals surface area contributed by atoms with E-state index in [2.05, 4.69) is 46.5 Å². The van der Waals surface area contributed by atoms with Crippen LogP contribution in [0.3, 0.4) is 0 Å². The zero-order chi connectivity index (χ0) is 15.1. The Bertz CT molecular complexity index is 427. The topological polar surface area (TPSA) is 21.3 Å². The molecular formula is C18H28BrNO. The molecule has 0 heterocycles. The smallest absolute Gasteiger partial charge is 0.120 e. The summed E-state index contributed by atoms with van der Waals surface area (Å²) in [6.07, 6.45) is 9.70. The highest BCUT2D eigenvalue weighted by molar-refractivity contribution is 9.10. The van der Waals surface area contributed by atoms with E-state index in [9.17, 15) is 0 Å². The lowest BCUT2D eigenvalue weighted by Crippen LogP contribution is -2.20. The number of benzene rings is 1. The SMILES string of the molecule is CCOc1ccc(C(CC2CCCCCC2)NC)c(Br)c1. The van der Waals surface area contributed by atoms with Crippen molar-refractivity contribution in [2.45, 2.75) is 57.9 Å². The number of hydrogen-bond acceptors (Lipinski definition) is 2. The van der Waals surface area contributed by atoms with Gasteiger partial charge < -0.3 is 10.1 Å². The van der Waals surface area contributed by atoms with Crippen LogP contribution in [0.4, 0.5) is 0 Å². The summed E-state index contributed by atoms with van der Waals surface area (Å²) in [5.41, 5.74) is 1.35. The molecule has 0 bridgehead atoms. The number of ether oxygens (including phenoxy) is 1. The molecule has 1 N–H and O–H groups in total. The zero-order valence-corrected chi connectivity index (χ0v) is 14.9. The van der Waals surface area contributed by atoms with E-state index in [0.29, 0.717) is 12.6 Å². The van der Waals surface area contributed by atoms with Gasteiger partial charge >= 0.3 is 0 Å². The second-order valence-electron chi connectivity index (χ2n) is 6.05. The summed E-state index contributed by atoms with van der Waals surface area (Å²) in [7, 11) is 2.07. The Labute approximate surface area is 137 Å². The van der Waals surface area contributed by atoms with Crippen molar-refractivity contribution in [2.24, 2.45) is 5.92 Å². The largest absolute Gasteiger partial charge is 0.494 e. The van der Waals surface area contributed by atoms with Crippen LogP contribution in [0.2, 0.25) is 0 Å². The van der Waals surface area contributed by atoms with Crippen molar-refractivity contribution in [3.8, 4) is 5.75 Å².